The van der Waals surface area contributed by atoms with Crippen LogP contribution in [0.3, 0.4) is 0 Å². The quantitative estimate of drug-likeness (QED) is 0.852. The number of hydrogen-bond acceptors (Lipinski definition) is 3. The molecule has 100 valence electrons. The van der Waals surface area contributed by atoms with E-state index in [-0.39, 0.29) is 11.9 Å². The summed E-state index contributed by atoms with van der Waals surface area (Å²) in [6, 6.07) is 0.197. The van der Waals surface area contributed by atoms with Crippen LogP contribution in [-0.4, -0.2) is 39.7 Å². The molecule has 2 heterocycles. The molecule has 1 aromatic rings. The monoisotopic (exact) mass is 250 g/mol. The fraction of sp³-hybridized carbons (Fsp3) is 0.692. The summed E-state index contributed by atoms with van der Waals surface area (Å²) in [6.07, 6.45) is 6.32. The van der Waals surface area contributed by atoms with E-state index in [1.165, 1.54) is 6.42 Å². The van der Waals surface area contributed by atoms with E-state index in [4.69, 9.17) is 5.73 Å². The van der Waals surface area contributed by atoms with Crippen molar-refractivity contribution in [1.82, 2.24) is 14.7 Å². The summed E-state index contributed by atoms with van der Waals surface area (Å²) in [5, 5.41) is 4.09. The fourth-order valence-corrected chi connectivity index (χ4v) is 2.76. The molecule has 2 atom stereocenters. The lowest BCUT2D eigenvalue weighted by Crippen LogP contribution is -2.51. The van der Waals surface area contributed by atoms with Crippen molar-refractivity contribution in [3.05, 3.63) is 18.0 Å². The molecule has 1 aliphatic heterocycles. The molecule has 5 heteroatoms. The highest BCUT2D eigenvalue weighted by molar-refractivity contribution is 5.79. The number of rotatable bonds is 3. The third-order valence-corrected chi connectivity index (χ3v) is 3.79. The van der Waals surface area contributed by atoms with Gasteiger partial charge >= 0.3 is 0 Å². The predicted octanol–water partition coefficient (Wildman–Crippen LogP) is 0.548. The maximum atomic E-state index is 12.3. The highest BCUT2D eigenvalue weighted by Gasteiger charge is 2.30. The van der Waals surface area contributed by atoms with Crippen molar-refractivity contribution in [3.63, 3.8) is 0 Å². The van der Waals surface area contributed by atoms with Crippen molar-refractivity contribution < 1.29 is 4.79 Å². The fourth-order valence-electron chi connectivity index (χ4n) is 2.76. The number of aromatic nitrogens is 2. The molecule has 1 aromatic heterocycles. The van der Waals surface area contributed by atoms with Gasteiger partial charge in [0.15, 0.2) is 0 Å². The van der Waals surface area contributed by atoms with E-state index in [0.29, 0.717) is 18.9 Å². The molecule has 0 unspecified atom stereocenters. The van der Waals surface area contributed by atoms with Gasteiger partial charge in [0.05, 0.1) is 12.6 Å². The van der Waals surface area contributed by atoms with Crippen LogP contribution in [0.4, 0.5) is 0 Å². The maximum absolute atomic E-state index is 12.3. The number of carbonyl (C=O) groups is 1. The Morgan fingerprint density at radius 3 is 3.00 bits per heavy atom. The van der Waals surface area contributed by atoms with Gasteiger partial charge in [-0.1, -0.05) is 6.92 Å². The average Bonchev–Trinajstić information content (AvgIpc) is 2.74. The van der Waals surface area contributed by atoms with Gasteiger partial charge in [-0.15, -0.1) is 0 Å². The van der Waals surface area contributed by atoms with Crippen molar-refractivity contribution in [2.24, 2.45) is 18.7 Å². The minimum atomic E-state index is 0.171. The van der Waals surface area contributed by atoms with Gasteiger partial charge in [-0.25, -0.2) is 0 Å². The summed E-state index contributed by atoms with van der Waals surface area (Å²) in [6.45, 7) is 3.58. The van der Waals surface area contributed by atoms with Crippen LogP contribution >= 0.6 is 0 Å². The van der Waals surface area contributed by atoms with Gasteiger partial charge in [-0.05, 0) is 24.3 Å². The molecule has 2 N–H and O–H groups in total. The molecule has 5 nitrogen and oxygen atoms in total. The van der Waals surface area contributed by atoms with Gasteiger partial charge < -0.3 is 10.6 Å². The predicted molar refractivity (Wildman–Crippen MR) is 69.9 cm³/mol. The first kappa shape index (κ1) is 13.1. The normalized spacial score (nSPS) is 24.3. The Balaban J connectivity index is 2.03. The van der Waals surface area contributed by atoms with Gasteiger partial charge in [-0.3, -0.25) is 9.48 Å². The molecule has 2 rings (SSSR count). The smallest absolute Gasteiger partial charge is 0.227 e. The van der Waals surface area contributed by atoms with Crippen LogP contribution < -0.4 is 5.73 Å². The molecule has 1 amide bonds. The molecule has 0 saturated carbocycles. The Kier molecular flexibility index (Phi) is 4.01. The van der Waals surface area contributed by atoms with Crippen molar-refractivity contribution >= 4 is 5.91 Å². The van der Waals surface area contributed by atoms with Crippen LogP contribution in [0.2, 0.25) is 0 Å². The van der Waals surface area contributed by atoms with Crippen LogP contribution in [0.25, 0.3) is 0 Å². The molecule has 0 aromatic carbocycles. The molecular formula is C13H22N4O. The van der Waals surface area contributed by atoms with Gasteiger partial charge in [0.25, 0.3) is 0 Å². The number of likely N-dealkylation sites (tertiary alicyclic amines) is 1. The van der Waals surface area contributed by atoms with Gasteiger partial charge in [0.2, 0.25) is 5.91 Å². The number of amides is 1. The number of nitrogens with zero attached hydrogens (tertiary/aromatic N) is 3. The molecule has 1 saturated heterocycles. The summed E-state index contributed by atoms with van der Waals surface area (Å²) in [4.78, 5) is 14.3. The van der Waals surface area contributed by atoms with E-state index in [2.05, 4.69) is 12.0 Å². The minimum Gasteiger partial charge on any atom is -0.338 e. The van der Waals surface area contributed by atoms with Crippen LogP contribution in [0, 0.1) is 5.92 Å². The second-order valence-electron chi connectivity index (χ2n) is 5.21. The highest BCUT2D eigenvalue weighted by Crippen LogP contribution is 2.23. The lowest BCUT2D eigenvalue weighted by molar-refractivity contribution is -0.135. The SMILES string of the molecule is C[C@H]1CCCN(C(=O)Cc2cnn(C)c2)[C@@H]1CN. The zero-order valence-electron chi connectivity index (χ0n) is 11.2. The first-order valence-electron chi connectivity index (χ1n) is 6.59. The molecule has 18 heavy (non-hydrogen) atoms. The standard InChI is InChI=1S/C13H22N4O/c1-10-4-3-5-17(12(10)7-14)13(18)6-11-8-15-16(2)9-11/h8-10,12H,3-7,14H2,1-2H3/t10-,12+/m0/s1. The zero-order valence-corrected chi connectivity index (χ0v) is 11.2. The molecule has 0 aliphatic carbocycles. The molecule has 0 bridgehead atoms. The van der Waals surface area contributed by atoms with E-state index < -0.39 is 0 Å². The van der Waals surface area contributed by atoms with Crippen molar-refractivity contribution in [2.45, 2.75) is 32.2 Å². The molecule has 0 radical (unpaired) electrons. The Labute approximate surface area is 108 Å². The highest BCUT2D eigenvalue weighted by atomic mass is 16.2. The van der Waals surface area contributed by atoms with Gasteiger partial charge in [0.1, 0.15) is 0 Å². The van der Waals surface area contributed by atoms with E-state index >= 15 is 0 Å². The third-order valence-electron chi connectivity index (χ3n) is 3.79. The zero-order chi connectivity index (χ0) is 13.1. The summed E-state index contributed by atoms with van der Waals surface area (Å²) in [5.74, 6) is 0.673. The Bertz CT molecular complexity index is 415. The summed E-state index contributed by atoms with van der Waals surface area (Å²) < 4.78 is 1.72. The number of piperidine rings is 1. The van der Waals surface area contributed by atoms with E-state index in [1.54, 1.807) is 10.9 Å². The van der Waals surface area contributed by atoms with Crippen molar-refractivity contribution in [1.29, 1.82) is 0 Å². The van der Waals surface area contributed by atoms with E-state index in [1.807, 2.05) is 18.1 Å². The van der Waals surface area contributed by atoms with E-state index in [9.17, 15) is 4.79 Å². The summed E-state index contributed by atoms with van der Waals surface area (Å²) in [7, 11) is 1.86. The van der Waals surface area contributed by atoms with Crippen LogP contribution in [0.15, 0.2) is 12.4 Å². The lowest BCUT2D eigenvalue weighted by Gasteiger charge is -2.39. The van der Waals surface area contributed by atoms with Gasteiger partial charge in [0, 0.05) is 32.4 Å². The Hall–Kier alpha value is -1.36. The van der Waals surface area contributed by atoms with Gasteiger partial charge in [-0.2, -0.15) is 5.10 Å². The second kappa shape index (κ2) is 5.52. The Morgan fingerprint density at radius 1 is 1.61 bits per heavy atom. The molecule has 1 fully saturated rings. The average molecular weight is 250 g/mol. The largest absolute Gasteiger partial charge is 0.338 e. The topological polar surface area (TPSA) is 64.2 Å². The first-order chi connectivity index (χ1) is 8.61. The molecule has 0 spiro atoms. The van der Waals surface area contributed by atoms with Crippen molar-refractivity contribution in [2.75, 3.05) is 13.1 Å². The number of nitrogens with two attached hydrogens (primary N) is 1. The van der Waals surface area contributed by atoms with Crippen LogP contribution in [0.1, 0.15) is 25.3 Å². The maximum Gasteiger partial charge on any atom is 0.227 e. The number of hydrogen-bond donors (Lipinski definition) is 1. The summed E-state index contributed by atoms with van der Waals surface area (Å²) in [5.41, 5.74) is 6.78. The van der Waals surface area contributed by atoms with Crippen molar-refractivity contribution in [3.8, 4) is 0 Å². The van der Waals surface area contributed by atoms with Crippen LogP contribution in [-0.2, 0) is 18.3 Å². The second-order valence-corrected chi connectivity index (χ2v) is 5.21. The van der Waals surface area contributed by atoms with E-state index in [0.717, 1.165) is 18.5 Å². The van der Waals surface area contributed by atoms with Crippen LogP contribution in [0.5, 0.6) is 0 Å². The number of aryl methyl sites for hydroxylation is 1. The summed E-state index contributed by atoms with van der Waals surface area (Å²) >= 11 is 0. The Morgan fingerprint density at radius 2 is 2.39 bits per heavy atom. The first-order valence-corrected chi connectivity index (χ1v) is 6.59. The molecule has 1 aliphatic rings. The minimum absolute atomic E-state index is 0.171. The molecular weight excluding hydrogens is 228 g/mol. The number of carbonyl (C=O) groups excluding carboxylic acids is 1. The lowest BCUT2D eigenvalue weighted by atomic mass is 9.90. The third kappa shape index (κ3) is 2.72.